The molecule has 4 rings (SSSR count). The second-order valence-corrected chi connectivity index (χ2v) is 14.2. The van der Waals surface area contributed by atoms with Crippen molar-refractivity contribution in [2.24, 2.45) is 9.98 Å². The third kappa shape index (κ3) is 16.8. The molecule has 12 nitrogen and oxygen atoms in total. The topological polar surface area (TPSA) is 177 Å². The maximum Gasteiger partial charge on any atom is 0.343 e. The van der Waals surface area contributed by atoms with Crippen LogP contribution in [0.2, 0.25) is 0 Å². The Bertz CT molecular complexity index is 1770. The number of carbonyl (C=O) groups excluding carboxylic acids is 2. The number of ether oxygens (including phenoxy) is 4. The van der Waals surface area contributed by atoms with Crippen molar-refractivity contribution < 1.29 is 49.0 Å². The predicted octanol–water partition coefficient (Wildman–Crippen LogP) is 8.49. The fourth-order valence-corrected chi connectivity index (χ4v) is 5.70. The number of esters is 2. The number of phenolic OH excluding ortho intramolecular Hbond substituents is 2. The van der Waals surface area contributed by atoms with Gasteiger partial charge in [0.15, 0.2) is 0 Å². The van der Waals surface area contributed by atoms with E-state index >= 15 is 0 Å². The largest absolute Gasteiger partial charge is 0.507 e. The van der Waals surface area contributed by atoms with Crippen LogP contribution >= 0.6 is 0 Å². The summed E-state index contributed by atoms with van der Waals surface area (Å²) in [6.45, 7) is 4.92. The van der Waals surface area contributed by atoms with Crippen molar-refractivity contribution in [2.75, 3.05) is 26.3 Å². The number of unbranched alkanes of at least 4 members (excludes halogenated alkanes) is 9. The van der Waals surface area contributed by atoms with Gasteiger partial charge in [0, 0.05) is 35.7 Å². The highest BCUT2D eigenvalue weighted by Gasteiger charge is 2.12. The molecular formula is C46H56N2O10. The molecular weight excluding hydrogens is 741 g/mol. The maximum atomic E-state index is 12.6. The molecule has 58 heavy (non-hydrogen) atoms. The number of nitrogens with zero attached hydrogens (tertiary/aromatic N) is 2. The van der Waals surface area contributed by atoms with E-state index in [0.717, 1.165) is 25.7 Å². The van der Waals surface area contributed by atoms with Crippen LogP contribution in [0, 0.1) is 0 Å². The maximum absolute atomic E-state index is 12.6. The summed E-state index contributed by atoms with van der Waals surface area (Å²) < 4.78 is 22.5. The Balaban J connectivity index is 0.978. The molecule has 0 amide bonds. The first-order valence-corrected chi connectivity index (χ1v) is 20.0. The normalized spacial score (nSPS) is 12.4. The van der Waals surface area contributed by atoms with E-state index in [1.54, 1.807) is 86.6 Å². The van der Waals surface area contributed by atoms with Gasteiger partial charge in [-0.25, -0.2) is 9.59 Å². The van der Waals surface area contributed by atoms with Gasteiger partial charge in [-0.15, -0.1) is 0 Å². The van der Waals surface area contributed by atoms with E-state index in [-0.39, 0.29) is 36.1 Å². The third-order valence-corrected chi connectivity index (χ3v) is 8.88. The third-order valence-electron chi connectivity index (χ3n) is 8.88. The van der Waals surface area contributed by atoms with E-state index in [2.05, 4.69) is 9.98 Å². The number of hydrogen-bond donors (Lipinski definition) is 4. The van der Waals surface area contributed by atoms with Crippen LogP contribution < -0.4 is 18.9 Å². The van der Waals surface area contributed by atoms with Crippen LogP contribution in [-0.4, -0.2) is 83.3 Å². The fourth-order valence-electron chi connectivity index (χ4n) is 5.70. The lowest BCUT2D eigenvalue weighted by Gasteiger charge is -2.09. The second-order valence-electron chi connectivity index (χ2n) is 14.2. The molecule has 0 radical (unpaired) electrons. The Morgan fingerprint density at radius 1 is 0.517 bits per heavy atom. The van der Waals surface area contributed by atoms with Crippen LogP contribution in [0.1, 0.15) is 110 Å². The molecule has 0 aliphatic carbocycles. The highest BCUT2D eigenvalue weighted by molar-refractivity contribution is 5.92. The van der Waals surface area contributed by atoms with Crippen LogP contribution in [0.5, 0.6) is 34.5 Å². The summed E-state index contributed by atoms with van der Waals surface area (Å²) >= 11 is 0. The molecule has 0 aromatic heterocycles. The molecule has 0 aliphatic heterocycles. The second kappa shape index (κ2) is 24.8. The van der Waals surface area contributed by atoms with Crippen molar-refractivity contribution in [2.45, 2.75) is 90.3 Å². The van der Waals surface area contributed by atoms with Crippen molar-refractivity contribution in [1.82, 2.24) is 0 Å². The van der Waals surface area contributed by atoms with Crippen molar-refractivity contribution >= 4 is 24.4 Å². The summed E-state index contributed by atoms with van der Waals surface area (Å²) in [5, 5.41) is 39.0. The summed E-state index contributed by atoms with van der Waals surface area (Å²) in [6, 6.07) is 22.6. The van der Waals surface area contributed by atoms with E-state index in [0.29, 0.717) is 47.0 Å². The summed E-state index contributed by atoms with van der Waals surface area (Å²) in [4.78, 5) is 33.3. The molecule has 4 N–H and O–H groups in total. The number of phenols is 2. The van der Waals surface area contributed by atoms with Gasteiger partial charge >= 0.3 is 11.9 Å². The standard InChI is InChI=1S/C46H56N2O10/c1-33(49)29-47-31-37-17-23-41(27-43(37)51)57-45(53)35-13-19-39(20-14-35)55-25-11-9-7-5-3-4-6-8-10-12-26-56-40-21-15-36(16-22-40)46(54)58-42-24-18-38(44(52)28-42)32-48-30-34(2)50/h13-24,27-28,31-34,49-52H,3-12,25-26,29-30H2,1-2H3/t33-,34-/m0/s1. The number of carbonyl (C=O) groups is 2. The van der Waals surface area contributed by atoms with Crippen LogP contribution in [0.3, 0.4) is 0 Å². The van der Waals surface area contributed by atoms with E-state index in [1.165, 1.54) is 63.1 Å². The molecule has 0 bridgehead atoms. The van der Waals surface area contributed by atoms with E-state index in [4.69, 9.17) is 18.9 Å². The van der Waals surface area contributed by atoms with Crippen LogP contribution in [0.25, 0.3) is 0 Å². The van der Waals surface area contributed by atoms with Gasteiger partial charge in [0.1, 0.15) is 34.5 Å². The molecule has 4 aromatic carbocycles. The number of aliphatic imine (C=N–C) groups is 2. The summed E-state index contributed by atoms with van der Waals surface area (Å²) in [6.07, 6.45) is 13.1. The zero-order chi connectivity index (χ0) is 41.5. The Morgan fingerprint density at radius 2 is 0.845 bits per heavy atom. The molecule has 0 spiro atoms. The highest BCUT2D eigenvalue weighted by atomic mass is 16.5. The number of aliphatic hydroxyl groups is 2. The molecule has 0 aliphatic rings. The zero-order valence-electron chi connectivity index (χ0n) is 33.4. The summed E-state index contributed by atoms with van der Waals surface area (Å²) in [7, 11) is 0. The first-order chi connectivity index (χ1) is 28.1. The average Bonchev–Trinajstić information content (AvgIpc) is 3.20. The number of aromatic hydroxyl groups is 2. The smallest absolute Gasteiger partial charge is 0.343 e. The monoisotopic (exact) mass is 796 g/mol. The molecule has 0 saturated carbocycles. The number of aliphatic hydroxyl groups excluding tert-OH is 2. The Hall–Kier alpha value is -5.72. The minimum absolute atomic E-state index is 0.0775. The van der Waals surface area contributed by atoms with Crippen LogP contribution in [0.4, 0.5) is 0 Å². The van der Waals surface area contributed by atoms with Gasteiger partial charge in [0.2, 0.25) is 0 Å². The Kier molecular flexibility index (Phi) is 19.2. The molecule has 0 saturated heterocycles. The van der Waals surface area contributed by atoms with Gasteiger partial charge in [-0.3, -0.25) is 9.98 Å². The van der Waals surface area contributed by atoms with Gasteiger partial charge in [-0.2, -0.15) is 0 Å². The molecule has 0 fully saturated rings. The van der Waals surface area contributed by atoms with Gasteiger partial charge < -0.3 is 39.4 Å². The number of benzene rings is 4. The van der Waals surface area contributed by atoms with Crippen molar-refractivity contribution in [3.63, 3.8) is 0 Å². The lowest BCUT2D eigenvalue weighted by Crippen LogP contribution is -2.08. The van der Waals surface area contributed by atoms with Crippen LogP contribution in [0.15, 0.2) is 94.9 Å². The summed E-state index contributed by atoms with van der Waals surface area (Å²) in [5.41, 5.74) is 1.66. The SMILES string of the molecule is C[C@H](O)CN=Cc1ccc(OC(=O)c2ccc(OCCCCCCCCCCCCOc3ccc(C(=O)Oc4ccc(C=NC[C@H](C)O)c(O)c4)cc3)cc2)cc1O. The van der Waals surface area contributed by atoms with Crippen molar-refractivity contribution in [3.8, 4) is 34.5 Å². The lowest BCUT2D eigenvalue weighted by molar-refractivity contribution is 0.0724. The van der Waals surface area contributed by atoms with Gasteiger partial charge in [0.25, 0.3) is 0 Å². The van der Waals surface area contributed by atoms with Gasteiger partial charge in [0.05, 0.1) is 49.6 Å². The molecule has 12 heteroatoms. The fraction of sp³-hybridized carbons (Fsp3) is 0.391. The van der Waals surface area contributed by atoms with E-state index < -0.39 is 24.1 Å². The zero-order valence-corrected chi connectivity index (χ0v) is 33.4. The molecule has 4 aromatic rings. The predicted molar refractivity (Wildman–Crippen MR) is 224 cm³/mol. The number of rotatable bonds is 25. The van der Waals surface area contributed by atoms with Crippen molar-refractivity contribution in [3.05, 3.63) is 107 Å². The number of hydrogen-bond acceptors (Lipinski definition) is 12. The lowest BCUT2D eigenvalue weighted by atomic mass is 10.1. The van der Waals surface area contributed by atoms with Gasteiger partial charge in [-0.05, 0) is 99.5 Å². The summed E-state index contributed by atoms with van der Waals surface area (Å²) in [5.74, 6) is 0.565. The van der Waals surface area contributed by atoms with Crippen LogP contribution in [-0.2, 0) is 0 Å². The van der Waals surface area contributed by atoms with E-state index in [1.807, 2.05) is 0 Å². The average molecular weight is 797 g/mol. The Morgan fingerprint density at radius 3 is 1.17 bits per heavy atom. The molecule has 2 atom stereocenters. The highest BCUT2D eigenvalue weighted by Crippen LogP contribution is 2.25. The van der Waals surface area contributed by atoms with Gasteiger partial charge in [-0.1, -0.05) is 51.4 Å². The van der Waals surface area contributed by atoms with E-state index in [9.17, 15) is 30.0 Å². The first-order valence-electron chi connectivity index (χ1n) is 20.0. The molecule has 310 valence electrons. The minimum Gasteiger partial charge on any atom is -0.507 e. The minimum atomic E-state index is -0.574. The molecule has 0 heterocycles. The van der Waals surface area contributed by atoms with Crippen molar-refractivity contribution in [1.29, 1.82) is 0 Å². The molecule has 0 unspecified atom stereocenters. The Labute approximate surface area is 340 Å². The first kappa shape index (κ1) is 45.0. The quantitative estimate of drug-likeness (QED) is 0.0220.